The molecular weight excluding hydrogens is 164 g/mol. The minimum Gasteiger partial charge on any atom is -0.269 e. The Morgan fingerprint density at radius 1 is 1.00 bits per heavy atom. The van der Waals surface area contributed by atoms with Crippen molar-refractivity contribution in [2.75, 3.05) is 0 Å². The van der Waals surface area contributed by atoms with E-state index in [-0.39, 0.29) is 52.4 Å². The maximum absolute atomic E-state index is 0. The smallest absolute Gasteiger partial charge is 0 e. The summed E-state index contributed by atoms with van der Waals surface area (Å²) in [5.41, 5.74) is 0. The summed E-state index contributed by atoms with van der Waals surface area (Å²) in [5, 5.41) is 0. The predicted molar refractivity (Wildman–Crippen MR) is 9.75 cm³/mol. The molecule has 0 aliphatic heterocycles. The van der Waals surface area contributed by atoms with Crippen LogP contribution in [0, 0.1) is 0 Å². The first kappa shape index (κ1) is 57.4. The zero-order valence-electron chi connectivity index (χ0n) is 1.60. The van der Waals surface area contributed by atoms with Crippen LogP contribution in [0.3, 0.4) is 0 Å². The quantitative estimate of drug-likeness (QED) is 0.493. The average molecular weight is 166 g/mol. The van der Waals surface area contributed by atoms with Crippen molar-refractivity contribution in [1.82, 2.24) is 0 Å². The Morgan fingerprint density at radius 2 is 1.00 bits per heavy atom. The Bertz CT molecular complexity index is 8.00. The Morgan fingerprint density at radius 3 is 1.00 bits per heavy atom. The summed E-state index contributed by atoms with van der Waals surface area (Å²) in [6, 6.07) is 0. The fourth-order valence-electron chi connectivity index (χ4n) is 0. The minimum atomic E-state index is 0. The van der Waals surface area contributed by atoms with E-state index in [1.807, 2.05) is 0 Å². The van der Waals surface area contributed by atoms with E-state index in [0.717, 1.165) is 0 Å². The van der Waals surface area contributed by atoms with Crippen LogP contribution in [-0.4, -0.2) is 0 Å². The first-order chi connectivity index (χ1) is 0. The van der Waals surface area contributed by atoms with Gasteiger partial charge in [-0.25, -0.2) is 0 Å². The largest absolute Gasteiger partial charge is 0.269 e. The van der Waals surface area contributed by atoms with Gasteiger partial charge >= 0.3 is 0 Å². The molecule has 0 aliphatic carbocycles. The van der Waals surface area contributed by atoms with Crippen LogP contribution in [0.1, 0.15) is 0 Å². The standard InChI is InChI=1S/ClH.Co.FH.V/h1H;;1H;. The number of halogens is 2. The molecule has 0 fully saturated rings. The molecule has 0 saturated carbocycles. The molecule has 0 aliphatic rings. The molecule has 0 atom stereocenters. The van der Waals surface area contributed by atoms with Crippen LogP contribution >= 0.6 is 12.4 Å². The molecule has 0 amide bonds. The molecule has 0 saturated heterocycles. The van der Waals surface area contributed by atoms with Gasteiger partial charge in [0.25, 0.3) is 0 Å². The van der Waals surface area contributed by atoms with Gasteiger partial charge in [0.15, 0.2) is 0 Å². The summed E-state index contributed by atoms with van der Waals surface area (Å²) in [6.07, 6.45) is 0. The second kappa shape index (κ2) is 27.5. The second-order valence-corrected chi connectivity index (χ2v) is 0. The molecule has 2 radical (unpaired) electrons. The van der Waals surface area contributed by atoms with Crippen LogP contribution in [0.15, 0.2) is 0 Å². The van der Waals surface area contributed by atoms with Gasteiger partial charge in [0, 0.05) is 35.3 Å². The Kier molecular flexibility index (Phi) is 395. The monoisotopic (exact) mass is 166 g/mol. The van der Waals surface area contributed by atoms with Crippen LogP contribution in [0.5, 0.6) is 0 Å². The van der Waals surface area contributed by atoms with Crippen molar-refractivity contribution in [3.63, 3.8) is 0 Å². The van der Waals surface area contributed by atoms with Crippen LogP contribution in [0.2, 0.25) is 0 Å². The minimum absolute atomic E-state index is 0. The first-order valence-electron chi connectivity index (χ1n) is 0. The van der Waals surface area contributed by atoms with Crippen LogP contribution in [-0.2, 0) is 35.3 Å². The summed E-state index contributed by atoms with van der Waals surface area (Å²) < 4.78 is 0. The van der Waals surface area contributed by atoms with E-state index >= 15 is 0 Å². The predicted octanol–water partition coefficient (Wildman–Crippen LogP) is 0.569. The molecule has 4 heteroatoms. The topological polar surface area (TPSA) is 0 Å². The fraction of sp³-hybridized carbons (Fsp3) is 0. The van der Waals surface area contributed by atoms with Gasteiger partial charge in [-0.05, 0) is 0 Å². The first-order valence-corrected chi connectivity index (χ1v) is 0. The van der Waals surface area contributed by atoms with Crippen LogP contribution < -0.4 is 0 Å². The van der Waals surface area contributed by atoms with Crippen molar-refractivity contribution in [2.24, 2.45) is 0 Å². The zero-order valence-corrected chi connectivity index (χ0v) is 4.85. The van der Waals surface area contributed by atoms with Gasteiger partial charge < -0.3 is 0 Å². The number of hydrogen-bond donors (Lipinski definition) is 0. The van der Waals surface area contributed by atoms with Gasteiger partial charge in [0.1, 0.15) is 0 Å². The van der Waals surface area contributed by atoms with Crippen molar-refractivity contribution in [2.45, 2.75) is 0 Å². The SMILES string of the molecule is Cl.F.[Co].[V]. The average Bonchev–Trinajstić information content (AvgIpc) is 0. The Hall–Kier alpha value is 1.31. The van der Waals surface area contributed by atoms with Crippen molar-refractivity contribution in [1.29, 1.82) is 0 Å². The molecule has 30 valence electrons. The van der Waals surface area contributed by atoms with Crippen molar-refractivity contribution >= 4 is 12.4 Å². The third kappa shape index (κ3) is 10.3. The summed E-state index contributed by atoms with van der Waals surface area (Å²) in [7, 11) is 0. The van der Waals surface area contributed by atoms with Gasteiger partial charge in [-0.1, -0.05) is 0 Å². The molecule has 0 unspecified atom stereocenters. The van der Waals surface area contributed by atoms with Gasteiger partial charge in [0.05, 0.1) is 0 Å². The fourth-order valence-corrected chi connectivity index (χ4v) is 0. The van der Waals surface area contributed by atoms with Crippen LogP contribution in [0.4, 0.5) is 4.70 Å². The Labute approximate surface area is 52.6 Å². The summed E-state index contributed by atoms with van der Waals surface area (Å²) in [6.45, 7) is 0. The van der Waals surface area contributed by atoms with Crippen molar-refractivity contribution in [3.05, 3.63) is 0 Å². The van der Waals surface area contributed by atoms with E-state index in [1.54, 1.807) is 0 Å². The van der Waals surface area contributed by atoms with Crippen LogP contribution in [0.25, 0.3) is 0 Å². The van der Waals surface area contributed by atoms with Crippen molar-refractivity contribution in [3.8, 4) is 0 Å². The molecule has 0 aromatic heterocycles. The molecular formula is H2ClCoFV. The molecule has 0 heterocycles. The maximum atomic E-state index is 0. The molecule has 0 N–H and O–H groups in total. The van der Waals surface area contributed by atoms with E-state index in [2.05, 4.69) is 0 Å². The number of rotatable bonds is 0. The number of hydrogen-bond acceptors (Lipinski definition) is 0. The molecule has 0 aromatic carbocycles. The molecule has 0 nitrogen and oxygen atoms in total. The second-order valence-electron chi connectivity index (χ2n) is 0. The molecule has 0 bridgehead atoms. The van der Waals surface area contributed by atoms with Gasteiger partial charge in [-0.15, -0.1) is 12.4 Å². The Balaban J connectivity index is 0. The summed E-state index contributed by atoms with van der Waals surface area (Å²) >= 11 is 0. The van der Waals surface area contributed by atoms with Crippen molar-refractivity contribution < 1.29 is 40.0 Å². The molecule has 0 aromatic rings. The summed E-state index contributed by atoms with van der Waals surface area (Å²) in [5.74, 6) is 0. The molecule has 4 heavy (non-hydrogen) atoms. The van der Waals surface area contributed by atoms with E-state index in [0.29, 0.717) is 0 Å². The van der Waals surface area contributed by atoms with Gasteiger partial charge in [-0.2, -0.15) is 0 Å². The normalized spacial score (nSPS) is 0. The third-order valence-corrected chi connectivity index (χ3v) is 0. The van der Waals surface area contributed by atoms with E-state index in [4.69, 9.17) is 0 Å². The third-order valence-electron chi connectivity index (χ3n) is 0. The maximum Gasteiger partial charge on any atom is 0 e. The zero-order chi connectivity index (χ0) is 0. The van der Waals surface area contributed by atoms with Gasteiger partial charge in [0.2, 0.25) is 0 Å². The van der Waals surface area contributed by atoms with E-state index < -0.39 is 0 Å². The van der Waals surface area contributed by atoms with Gasteiger partial charge in [-0.3, -0.25) is 4.70 Å². The van der Waals surface area contributed by atoms with E-state index in [1.165, 1.54) is 0 Å². The summed E-state index contributed by atoms with van der Waals surface area (Å²) in [4.78, 5) is 0. The van der Waals surface area contributed by atoms with E-state index in [9.17, 15) is 0 Å². The molecule has 0 rings (SSSR count). The molecule has 0 spiro atoms.